The Morgan fingerprint density at radius 3 is 2.48 bits per heavy atom. The molecule has 0 atom stereocenters. The Morgan fingerprint density at radius 1 is 1.00 bits per heavy atom. The number of alkyl carbamates (subject to hydrolysis) is 1. The van der Waals surface area contributed by atoms with Crippen LogP contribution in [0.25, 0.3) is 0 Å². The SMILES string of the molecule is O=C(COc1ccccc1)OCNC(=O)OCc1ccc(Br)cc1Br. The summed E-state index contributed by atoms with van der Waals surface area (Å²) in [5.74, 6) is -0.0355. The molecule has 0 saturated carbocycles. The van der Waals surface area contributed by atoms with Crippen molar-refractivity contribution in [2.75, 3.05) is 13.3 Å². The number of hydrogen-bond donors (Lipinski definition) is 1. The zero-order valence-electron chi connectivity index (χ0n) is 13.0. The second kappa shape index (κ2) is 10.0. The fourth-order valence-corrected chi connectivity index (χ4v) is 2.87. The van der Waals surface area contributed by atoms with Gasteiger partial charge in [0.05, 0.1) is 0 Å². The molecule has 0 saturated heterocycles. The minimum Gasteiger partial charge on any atom is -0.482 e. The van der Waals surface area contributed by atoms with Crippen molar-refractivity contribution in [2.24, 2.45) is 0 Å². The largest absolute Gasteiger partial charge is 0.482 e. The molecule has 0 spiro atoms. The number of nitrogens with one attached hydrogen (secondary N) is 1. The van der Waals surface area contributed by atoms with Gasteiger partial charge in [0.15, 0.2) is 13.3 Å². The number of amides is 1. The molecule has 0 radical (unpaired) electrons. The van der Waals surface area contributed by atoms with Gasteiger partial charge in [-0.15, -0.1) is 0 Å². The molecule has 2 aromatic carbocycles. The third-order valence-electron chi connectivity index (χ3n) is 2.92. The topological polar surface area (TPSA) is 73.9 Å². The van der Waals surface area contributed by atoms with E-state index in [-0.39, 0.29) is 19.9 Å². The number of rotatable bonds is 7. The number of carbonyl (C=O) groups is 2. The molecule has 0 fully saturated rings. The minimum atomic E-state index is -0.688. The first-order valence-corrected chi connectivity index (χ1v) is 8.81. The van der Waals surface area contributed by atoms with Crippen LogP contribution in [0.5, 0.6) is 5.75 Å². The smallest absolute Gasteiger partial charge is 0.410 e. The van der Waals surface area contributed by atoms with Crippen molar-refractivity contribution in [3.05, 3.63) is 63.0 Å². The lowest BCUT2D eigenvalue weighted by atomic mass is 10.2. The molecule has 0 bridgehead atoms. The van der Waals surface area contributed by atoms with E-state index in [0.29, 0.717) is 5.75 Å². The number of para-hydroxylation sites is 1. The zero-order chi connectivity index (χ0) is 18.1. The maximum absolute atomic E-state index is 11.6. The van der Waals surface area contributed by atoms with Crippen LogP contribution in [0.4, 0.5) is 4.79 Å². The predicted molar refractivity (Wildman–Crippen MR) is 98.1 cm³/mol. The van der Waals surface area contributed by atoms with Crippen molar-refractivity contribution in [1.82, 2.24) is 5.32 Å². The van der Waals surface area contributed by atoms with Gasteiger partial charge in [-0.1, -0.05) is 56.1 Å². The molecule has 0 aliphatic rings. The fraction of sp³-hybridized carbons (Fsp3) is 0.176. The van der Waals surface area contributed by atoms with Gasteiger partial charge in [0.1, 0.15) is 12.4 Å². The lowest BCUT2D eigenvalue weighted by molar-refractivity contribution is -0.146. The Morgan fingerprint density at radius 2 is 1.76 bits per heavy atom. The van der Waals surface area contributed by atoms with Crippen LogP contribution in [-0.4, -0.2) is 25.4 Å². The molecule has 1 N–H and O–H groups in total. The van der Waals surface area contributed by atoms with Crippen LogP contribution in [0, 0.1) is 0 Å². The molecule has 0 aliphatic carbocycles. The lowest BCUT2D eigenvalue weighted by Gasteiger charge is -2.09. The first kappa shape index (κ1) is 19.3. The molecular weight excluding hydrogens is 458 g/mol. The van der Waals surface area contributed by atoms with Gasteiger partial charge in [0, 0.05) is 14.5 Å². The number of ether oxygens (including phenoxy) is 3. The Bertz CT molecular complexity index is 724. The Balaban J connectivity index is 1.62. The molecular formula is C17H15Br2NO5. The van der Waals surface area contributed by atoms with E-state index in [9.17, 15) is 9.59 Å². The summed E-state index contributed by atoms with van der Waals surface area (Å²) in [7, 11) is 0. The van der Waals surface area contributed by atoms with E-state index in [4.69, 9.17) is 14.2 Å². The molecule has 8 heteroatoms. The normalized spacial score (nSPS) is 10.0. The summed E-state index contributed by atoms with van der Waals surface area (Å²) in [6.45, 7) is -0.450. The second-order valence-corrected chi connectivity index (χ2v) is 6.52. The Kier molecular flexibility index (Phi) is 7.75. The van der Waals surface area contributed by atoms with E-state index in [1.54, 1.807) is 24.3 Å². The van der Waals surface area contributed by atoms with Crippen LogP contribution in [0.2, 0.25) is 0 Å². The molecule has 0 heterocycles. The summed E-state index contributed by atoms with van der Waals surface area (Å²) in [6.07, 6.45) is -0.688. The molecule has 0 unspecified atom stereocenters. The van der Waals surface area contributed by atoms with Gasteiger partial charge in [0.25, 0.3) is 0 Å². The molecule has 6 nitrogen and oxygen atoms in total. The molecule has 1 amide bonds. The zero-order valence-corrected chi connectivity index (χ0v) is 16.2. The van der Waals surface area contributed by atoms with Crippen LogP contribution in [0.15, 0.2) is 57.5 Å². The summed E-state index contributed by atoms with van der Waals surface area (Å²) in [5, 5.41) is 2.33. The van der Waals surface area contributed by atoms with E-state index >= 15 is 0 Å². The van der Waals surface area contributed by atoms with Gasteiger partial charge >= 0.3 is 12.1 Å². The molecule has 0 aliphatic heterocycles. The molecule has 132 valence electrons. The summed E-state index contributed by atoms with van der Waals surface area (Å²) >= 11 is 6.72. The van der Waals surface area contributed by atoms with E-state index < -0.39 is 12.1 Å². The summed E-state index contributed by atoms with van der Waals surface area (Å²) in [5.41, 5.74) is 0.812. The first-order chi connectivity index (χ1) is 12.0. The predicted octanol–water partition coefficient (Wildman–Crippen LogP) is 4.02. The van der Waals surface area contributed by atoms with Gasteiger partial charge < -0.3 is 14.2 Å². The maximum Gasteiger partial charge on any atom is 0.410 e. The average Bonchev–Trinajstić information content (AvgIpc) is 2.60. The number of carbonyl (C=O) groups excluding carboxylic acids is 2. The number of benzene rings is 2. The van der Waals surface area contributed by atoms with E-state index in [0.717, 1.165) is 14.5 Å². The third kappa shape index (κ3) is 7.15. The van der Waals surface area contributed by atoms with Crippen molar-refractivity contribution in [1.29, 1.82) is 0 Å². The number of esters is 1. The summed E-state index contributed by atoms with van der Waals surface area (Å²) in [6, 6.07) is 14.4. The lowest BCUT2D eigenvalue weighted by Crippen LogP contribution is -2.29. The van der Waals surface area contributed by atoms with Crippen LogP contribution >= 0.6 is 31.9 Å². The fourth-order valence-electron chi connectivity index (χ4n) is 1.71. The molecule has 0 aromatic heterocycles. The summed E-state index contributed by atoms with van der Waals surface area (Å²) in [4.78, 5) is 23.1. The van der Waals surface area contributed by atoms with Gasteiger partial charge in [-0.2, -0.15) is 0 Å². The monoisotopic (exact) mass is 471 g/mol. The number of halogens is 2. The Hall–Kier alpha value is -2.06. The van der Waals surface area contributed by atoms with Gasteiger partial charge in [-0.05, 0) is 24.3 Å². The Labute approximate surface area is 161 Å². The van der Waals surface area contributed by atoms with Gasteiger partial charge in [-0.3, -0.25) is 5.32 Å². The number of hydrogen-bond acceptors (Lipinski definition) is 5. The molecule has 25 heavy (non-hydrogen) atoms. The van der Waals surface area contributed by atoms with Crippen molar-refractivity contribution < 1.29 is 23.8 Å². The summed E-state index contributed by atoms with van der Waals surface area (Å²) < 4.78 is 16.8. The second-order valence-electron chi connectivity index (χ2n) is 4.75. The van der Waals surface area contributed by atoms with Crippen molar-refractivity contribution >= 4 is 43.9 Å². The van der Waals surface area contributed by atoms with Crippen molar-refractivity contribution in [2.45, 2.75) is 6.61 Å². The first-order valence-electron chi connectivity index (χ1n) is 7.22. The highest BCUT2D eigenvalue weighted by Gasteiger charge is 2.08. The maximum atomic E-state index is 11.6. The van der Waals surface area contributed by atoms with E-state index in [1.165, 1.54) is 0 Å². The molecule has 2 rings (SSSR count). The highest BCUT2D eigenvalue weighted by atomic mass is 79.9. The quantitative estimate of drug-likeness (QED) is 0.486. The van der Waals surface area contributed by atoms with E-state index in [2.05, 4.69) is 37.2 Å². The van der Waals surface area contributed by atoms with Gasteiger partial charge in [0.2, 0.25) is 0 Å². The van der Waals surface area contributed by atoms with E-state index in [1.807, 2.05) is 24.3 Å². The standard InChI is InChI=1S/C17H15Br2NO5/c18-13-7-6-12(15(19)8-13)9-24-17(22)20-11-25-16(21)10-23-14-4-2-1-3-5-14/h1-8H,9-11H2,(H,20,22). The average molecular weight is 473 g/mol. The van der Waals surface area contributed by atoms with Crippen LogP contribution in [0.1, 0.15) is 5.56 Å². The van der Waals surface area contributed by atoms with Crippen LogP contribution in [0.3, 0.4) is 0 Å². The van der Waals surface area contributed by atoms with Gasteiger partial charge in [-0.25, -0.2) is 9.59 Å². The molecule has 2 aromatic rings. The minimum absolute atomic E-state index is 0.0881. The third-order valence-corrected chi connectivity index (χ3v) is 4.15. The van der Waals surface area contributed by atoms with Crippen molar-refractivity contribution in [3.63, 3.8) is 0 Å². The highest BCUT2D eigenvalue weighted by Crippen LogP contribution is 2.22. The highest BCUT2D eigenvalue weighted by molar-refractivity contribution is 9.11. The van der Waals surface area contributed by atoms with Crippen LogP contribution < -0.4 is 10.1 Å². The van der Waals surface area contributed by atoms with Crippen molar-refractivity contribution in [3.8, 4) is 5.75 Å². The van der Waals surface area contributed by atoms with Crippen LogP contribution in [-0.2, 0) is 20.9 Å².